The van der Waals surface area contributed by atoms with Crippen molar-refractivity contribution in [2.24, 2.45) is 0 Å². The maximum absolute atomic E-state index is 11.4. The van der Waals surface area contributed by atoms with E-state index in [0.717, 1.165) is 16.5 Å². The van der Waals surface area contributed by atoms with Crippen LogP contribution in [-0.4, -0.2) is 26.2 Å². The SMILES string of the molecule is COCCCNC(=O)C=Cc1ccc(Br)cc1. The molecule has 1 N–H and O–H groups in total. The highest BCUT2D eigenvalue weighted by Gasteiger charge is 1.94. The van der Waals surface area contributed by atoms with E-state index in [2.05, 4.69) is 21.2 Å². The number of rotatable bonds is 6. The van der Waals surface area contributed by atoms with Gasteiger partial charge in [0, 0.05) is 30.8 Å². The zero-order valence-corrected chi connectivity index (χ0v) is 11.4. The van der Waals surface area contributed by atoms with Gasteiger partial charge in [-0.1, -0.05) is 28.1 Å². The van der Waals surface area contributed by atoms with Crippen LogP contribution in [-0.2, 0) is 9.53 Å². The number of nitrogens with one attached hydrogen (secondary N) is 1. The van der Waals surface area contributed by atoms with Crippen LogP contribution in [0, 0.1) is 0 Å². The average Bonchev–Trinajstić information content (AvgIpc) is 2.34. The Balaban J connectivity index is 2.32. The smallest absolute Gasteiger partial charge is 0.244 e. The van der Waals surface area contributed by atoms with Crippen LogP contribution in [0.4, 0.5) is 0 Å². The van der Waals surface area contributed by atoms with Crippen molar-refractivity contribution in [3.63, 3.8) is 0 Å². The summed E-state index contributed by atoms with van der Waals surface area (Å²) in [5, 5.41) is 2.78. The van der Waals surface area contributed by atoms with Gasteiger partial charge in [-0.15, -0.1) is 0 Å². The Morgan fingerprint density at radius 2 is 2.12 bits per heavy atom. The van der Waals surface area contributed by atoms with Gasteiger partial charge in [0.05, 0.1) is 0 Å². The molecule has 0 aliphatic heterocycles. The number of hydrogen-bond acceptors (Lipinski definition) is 2. The summed E-state index contributed by atoms with van der Waals surface area (Å²) >= 11 is 3.36. The number of amides is 1. The van der Waals surface area contributed by atoms with Crippen molar-refractivity contribution in [3.8, 4) is 0 Å². The van der Waals surface area contributed by atoms with Crippen molar-refractivity contribution in [3.05, 3.63) is 40.4 Å². The molecule has 0 fully saturated rings. The van der Waals surface area contributed by atoms with Gasteiger partial charge in [-0.2, -0.15) is 0 Å². The highest BCUT2D eigenvalue weighted by atomic mass is 79.9. The van der Waals surface area contributed by atoms with Crippen LogP contribution in [0.1, 0.15) is 12.0 Å². The Hall–Kier alpha value is -1.13. The van der Waals surface area contributed by atoms with E-state index >= 15 is 0 Å². The molecule has 0 spiro atoms. The molecule has 0 unspecified atom stereocenters. The number of hydrogen-bond donors (Lipinski definition) is 1. The molecule has 0 atom stereocenters. The van der Waals surface area contributed by atoms with E-state index in [1.54, 1.807) is 13.2 Å². The molecule has 0 aliphatic carbocycles. The fourth-order valence-corrected chi connectivity index (χ4v) is 1.50. The lowest BCUT2D eigenvalue weighted by atomic mass is 10.2. The predicted octanol–water partition coefficient (Wildman–Crippen LogP) is 2.62. The van der Waals surface area contributed by atoms with Gasteiger partial charge in [0.1, 0.15) is 0 Å². The van der Waals surface area contributed by atoms with E-state index < -0.39 is 0 Å². The van der Waals surface area contributed by atoms with Gasteiger partial charge in [-0.05, 0) is 30.2 Å². The van der Waals surface area contributed by atoms with E-state index in [1.165, 1.54) is 6.08 Å². The summed E-state index contributed by atoms with van der Waals surface area (Å²) in [6.45, 7) is 1.30. The quantitative estimate of drug-likeness (QED) is 0.647. The number of halogens is 1. The molecule has 3 nitrogen and oxygen atoms in total. The first-order chi connectivity index (χ1) is 8.22. The summed E-state index contributed by atoms with van der Waals surface area (Å²) in [6, 6.07) is 7.77. The van der Waals surface area contributed by atoms with E-state index in [9.17, 15) is 4.79 Å². The lowest BCUT2D eigenvalue weighted by molar-refractivity contribution is -0.116. The molecule has 1 amide bonds. The third kappa shape index (κ3) is 6.24. The highest BCUT2D eigenvalue weighted by molar-refractivity contribution is 9.10. The molecule has 92 valence electrons. The molecular formula is C13H16BrNO2. The molecule has 1 rings (SSSR count). The number of ether oxygens (including phenoxy) is 1. The molecule has 1 aromatic rings. The summed E-state index contributed by atoms with van der Waals surface area (Å²) in [7, 11) is 1.65. The second kappa shape index (κ2) is 8.03. The molecule has 0 bridgehead atoms. The largest absolute Gasteiger partial charge is 0.385 e. The summed E-state index contributed by atoms with van der Waals surface area (Å²) < 4.78 is 5.92. The molecule has 17 heavy (non-hydrogen) atoms. The standard InChI is InChI=1S/C13H16BrNO2/c1-17-10-2-9-15-13(16)8-5-11-3-6-12(14)7-4-11/h3-8H,2,9-10H2,1H3,(H,15,16). The second-order valence-corrected chi connectivity index (χ2v) is 4.44. The van der Waals surface area contributed by atoms with Gasteiger partial charge in [0.15, 0.2) is 0 Å². The van der Waals surface area contributed by atoms with Crippen LogP contribution in [0.3, 0.4) is 0 Å². The van der Waals surface area contributed by atoms with Crippen molar-refractivity contribution >= 4 is 27.9 Å². The number of carbonyl (C=O) groups excluding carboxylic acids is 1. The van der Waals surface area contributed by atoms with Crippen LogP contribution < -0.4 is 5.32 Å². The van der Waals surface area contributed by atoms with E-state index in [-0.39, 0.29) is 5.91 Å². The summed E-state index contributed by atoms with van der Waals surface area (Å²) in [6.07, 6.45) is 4.16. The zero-order chi connectivity index (χ0) is 12.5. The van der Waals surface area contributed by atoms with E-state index in [0.29, 0.717) is 13.2 Å². The Kier molecular flexibility index (Phi) is 6.58. The highest BCUT2D eigenvalue weighted by Crippen LogP contribution is 2.11. The van der Waals surface area contributed by atoms with Gasteiger partial charge >= 0.3 is 0 Å². The van der Waals surface area contributed by atoms with Crippen molar-refractivity contribution < 1.29 is 9.53 Å². The molecule has 0 aromatic heterocycles. The van der Waals surface area contributed by atoms with Crippen LogP contribution in [0.25, 0.3) is 6.08 Å². The minimum absolute atomic E-state index is 0.0796. The number of carbonyl (C=O) groups is 1. The fourth-order valence-electron chi connectivity index (χ4n) is 1.23. The Morgan fingerprint density at radius 3 is 2.76 bits per heavy atom. The molecule has 0 saturated carbocycles. The van der Waals surface area contributed by atoms with Crippen molar-refractivity contribution in [1.29, 1.82) is 0 Å². The molecule has 0 aliphatic rings. The minimum Gasteiger partial charge on any atom is -0.385 e. The average molecular weight is 298 g/mol. The first kappa shape index (κ1) is 13.9. The van der Waals surface area contributed by atoms with Gasteiger partial charge in [-0.25, -0.2) is 0 Å². The van der Waals surface area contributed by atoms with Crippen LogP contribution >= 0.6 is 15.9 Å². The Labute approximate surface area is 110 Å². The first-order valence-electron chi connectivity index (χ1n) is 5.43. The van der Waals surface area contributed by atoms with E-state index in [4.69, 9.17) is 4.74 Å². The van der Waals surface area contributed by atoms with Gasteiger partial charge < -0.3 is 10.1 Å². The molecule has 0 saturated heterocycles. The summed E-state index contributed by atoms with van der Waals surface area (Å²) in [5.41, 5.74) is 1.00. The number of benzene rings is 1. The maximum Gasteiger partial charge on any atom is 0.244 e. The Bertz CT molecular complexity index is 374. The molecular weight excluding hydrogens is 282 g/mol. The second-order valence-electron chi connectivity index (χ2n) is 3.52. The van der Waals surface area contributed by atoms with Crippen LogP contribution in [0.5, 0.6) is 0 Å². The van der Waals surface area contributed by atoms with Crippen molar-refractivity contribution in [2.45, 2.75) is 6.42 Å². The van der Waals surface area contributed by atoms with Gasteiger partial charge in [0.25, 0.3) is 0 Å². The molecule has 0 heterocycles. The lowest BCUT2D eigenvalue weighted by Gasteiger charge is -2.00. The van der Waals surface area contributed by atoms with E-state index in [1.807, 2.05) is 24.3 Å². The first-order valence-corrected chi connectivity index (χ1v) is 6.22. The molecule has 1 aromatic carbocycles. The molecule has 0 radical (unpaired) electrons. The minimum atomic E-state index is -0.0796. The Morgan fingerprint density at radius 1 is 1.41 bits per heavy atom. The van der Waals surface area contributed by atoms with Gasteiger partial charge in [-0.3, -0.25) is 4.79 Å². The third-order valence-electron chi connectivity index (χ3n) is 2.12. The molecule has 4 heteroatoms. The number of methoxy groups -OCH3 is 1. The maximum atomic E-state index is 11.4. The zero-order valence-electron chi connectivity index (χ0n) is 9.78. The van der Waals surface area contributed by atoms with Gasteiger partial charge in [0.2, 0.25) is 5.91 Å². The van der Waals surface area contributed by atoms with Crippen molar-refractivity contribution in [1.82, 2.24) is 5.32 Å². The fraction of sp³-hybridized carbons (Fsp3) is 0.308. The monoisotopic (exact) mass is 297 g/mol. The predicted molar refractivity (Wildman–Crippen MR) is 72.7 cm³/mol. The normalized spacial score (nSPS) is 10.7. The lowest BCUT2D eigenvalue weighted by Crippen LogP contribution is -2.22. The topological polar surface area (TPSA) is 38.3 Å². The summed E-state index contributed by atoms with van der Waals surface area (Å²) in [5.74, 6) is -0.0796. The van der Waals surface area contributed by atoms with Crippen molar-refractivity contribution in [2.75, 3.05) is 20.3 Å². The van der Waals surface area contributed by atoms with Crippen LogP contribution in [0.2, 0.25) is 0 Å². The van der Waals surface area contributed by atoms with Crippen LogP contribution in [0.15, 0.2) is 34.8 Å². The third-order valence-corrected chi connectivity index (χ3v) is 2.65. The summed E-state index contributed by atoms with van der Waals surface area (Å²) in [4.78, 5) is 11.4.